The number of rotatable bonds is 5. The van der Waals surface area contributed by atoms with Gasteiger partial charge in [0.15, 0.2) is 11.7 Å². The molecule has 0 heterocycles. The molecule has 25 heavy (non-hydrogen) atoms. The van der Waals surface area contributed by atoms with Crippen LogP contribution in [0.25, 0.3) is 0 Å². The summed E-state index contributed by atoms with van der Waals surface area (Å²) in [5.74, 6) is -1.20. The van der Waals surface area contributed by atoms with Crippen molar-refractivity contribution in [1.82, 2.24) is 5.32 Å². The van der Waals surface area contributed by atoms with Gasteiger partial charge in [-0.3, -0.25) is 10.1 Å². The molecule has 130 valence electrons. The van der Waals surface area contributed by atoms with Crippen molar-refractivity contribution >= 4 is 58.1 Å². The van der Waals surface area contributed by atoms with Gasteiger partial charge in [0.2, 0.25) is 0 Å². The van der Waals surface area contributed by atoms with Gasteiger partial charge in [-0.15, -0.1) is 0 Å². The summed E-state index contributed by atoms with van der Waals surface area (Å²) >= 11 is 16.5. The average Bonchev–Trinajstić information content (AvgIpc) is 2.55. The number of hydrogen-bond acceptors (Lipinski definition) is 4. The number of carbonyl (C=O) groups excluding carboxylic acids is 1. The molecule has 0 saturated heterocycles. The van der Waals surface area contributed by atoms with Crippen molar-refractivity contribution in [3.63, 3.8) is 0 Å². The van der Waals surface area contributed by atoms with Crippen LogP contribution in [0.3, 0.4) is 0 Å². The highest BCUT2D eigenvalue weighted by Crippen LogP contribution is 2.20. The van der Waals surface area contributed by atoms with E-state index in [4.69, 9.17) is 45.3 Å². The van der Waals surface area contributed by atoms with Crippen LogP contribution in [0.4, 0.5) is 5.69 Å². The Hall–Kier alpha value is -2.35. The summed E-state index contributed by atoms with van der Waals surface area (Å²) in [6, 6.07) is 10.8. The van der Waals surface area contributed by atoms with Crippen LogP contribution in [0.15, 0.2) is 42.5 Å². The fourth-order valence-corrected chi connectivity index (χ4v) is 2.32. The fourth-order valence-electron chi connectivity index (χ4n) is 1.80. The Morgan fingerprint density at radius 3 is 2.36 bits per heavy atom. The van der Waals surface area contributed by atoms with E-state index in [0.29, 0.717) is 10.8 Å². The van der Waals surface area contributed by atoms with Gasteiger partial charge in [-0.1, -0.05) is 23.2 Å². The highest BCUT2D eigenvalue weighted by Gasteiger charge is 2.13. The van der Waals surface area contributed by atoms with Crippen LogP contribution in [0, 0.1) is 0 Å². The second-order valence-electron chi connectivity index (χ2n) is 4.74. The molecule has 0 radical (unpaired) electrons. The molecule has 2 rings (SSSR count). The van der Waals surface area contributed by atoms with Gasteiger partial charge in [-0.2, -0.15) is 0 Å². The van der Waals surface area contributed by atoms with Crippen LogP contribution in [0.1, 0.15) is 10.4 Å². The molecule has 2 aromatic carbocycles. The number of aromatic carboxylic acids is 1. The summed E-state index contributed by atoms with van der Waals surface area (Å²) in [7, 11) is 0. The Morgan fingerprint density at radius 1 is 1.08 bits per heavy atom. The molecule has 0 spiro atoms. The molecular weight excluding hydrogens is 387 g/mol. The summed E-state index contributed by atoms with van der Waals surface area (Å²) < 4.78 is 5.28. The van der Waals surface area contributed by atoms with E-state index in [1.165, 1.54) is 18.2 Å². The van der Waals surface area contributed by atoms with E-state index in [2.05, 4.69) is 10.6 Å². The number of thiocarbonyl (C=S) groups is 1. The van der Waals surface area contributed by atoms with Gasteiger partial charge in [-0.25, -0.2) is 4.79 Å². The molecule has 0 unspecified atom stereocenters. The number of carbonyl (C=O) groups is 2. The Morgan fingerprint density at radius 2 is 1.72 bits per heavy atom. The Balaban J connectivity index is 1.90. The number of benzene rings is 2. The Kier molecular flexibility index (Phi) is 6.58. The molecule has 0 aromatic heterocycles. The number of hydrogen-bond donors (Lipinski definition) is 3. The lowest BCUT2D eigenvalue weighted by atomic mass is 10.2. The fraction of sp³-hybridized carbons (Fsp3) is 0.0625. The second-order valence-corrected chi connectivity index (χ2v) is 6.02. The van der Waals surface area contributed by atoms with Crippen molar-refractivity contribution in [3.8, 4) is 5.75 Å². The van der Waals surface area contributed by atoms with Gasteiger partial charge in [0.05, 0.1) is 11.3 Å². The van der Waals surface area contributed by atoms with Crippen LogP contribution in [-0.2, 0) is 4.79 Å². The molecule has 2 aromatic rings. The van der Waals surface area contributed by atoms with Crippen molar-refractivity contribution in [2.24, 2.45) is 0 Å². The van der Waals surface area contributed by atoms with E-state index in [1.807, 2.05) is 0 Å². The SMILES string of the molecule is O=C(COc1ccc(Cl)cc1)NC(=S)Nc1ccc(Cl)cc1C(=O)O. The first-order valence-corrected chi connectivity index (χ1v) is 8.03. The molecule has 0 fully saturated rings. The predicted octanol–water partition coefficient (Wildman–Crippen LogP) is 3.58. The van der Waals surface area contributed by atoms with Gasteiger partial charge in [0, 0.05) is 10.0 Å². The van der Waals surface area contributed by atoms with E-state index in [1.54, 1.807) is 24.3 Å². The number of amides is 1. The smallest absolute Gasteiger partial charge is 0.337 e. The Labute approximate surface area is 158 Å². The molecule has 0 bridgehead atoms. The third-order valence-corrected chi connectivity index (χ3v) is 3.59. The van der Waals surface area contributed by atoms with E-state index in [-0.39, 0.29) is 28.0 Å². The summed E-state index contributed by atoms with van der Waals surface area (Å²) in [5, 5.41) is 15.0. The molecule has 0 aliphatic carbocycles. The molecule has 0 saturated carbocycles. The maximum atomic E-state index is 11.8. The number of nitrogens with one attached hydrogen (secondary N) is 2. The highest BCUT2D eigenvalue weighted by molar-refractivity contribution is 7.80. The monoisotopic (exact) mass is 398 g/mol. The van der Waals surface area contributed by atoms with Gasteiger partial charge in [0.25, 0.3) is 5.91 Å². The normalized spacial score (nSPS) is 10.0. The van der Waals surface area contributed by atoms with Gasteiger partial charge in [-0.05, 0) is 54.7 Å². The lowest BCUT2D eigenvalue weighted by Gasteiger charge is -2.12. The average molecular weight is 399 g/mol. The van der Waals surface area contributed by atoms with Crippen molar-refractivity contribution in [3.05, 3.63) is 58.1 Å². The van der Waals surface area contributed by atoms with Crippen LogP contribution < -0.4 is 15.4 Å². The minimum Gasteiger partial charge on any atom is -0.484 e. The topological polar surface area (TPSA) is 87.7 Å². The Bertz CT molecular complexity index is 812. The number of halogens is 2. The molecule has 0 aliphatic heterocycles. The molecule has 9 heteroatoms. The maximum Gasteiger partial charge on any atom is 0.337 e. The standard InChI is InChI=1S/C16H12Cl2N2O4S/c17-9-1-4-11(5-2-9)24-8-14(21)20-16(25)19-13-6-3-10(18)7-12(13)15(22)23/h1-7H,8H2,(H,22,23)(H2,19,20,21,25). The molecule has 0 aliphatic rings. The zero-order valence-electron chi connectivity index (χ0n) is 12.6. The molecule has 1 amide bonds. The van der Waals surface area contributed by atoms with Gasteiger partial charge < -0.3 is 15.2 Å². The second kappa shape index (κ2) is 8.66. The maximum absolute atomic E-state index is 11.8. The van der Waals surface area contributed by atoms with Gasteiger partial charge in [0.1, 0.15) is 5.75 Å². The van der Waals surface area contributed by atoms with E-state index >= 15 is 0 Å². The van der Waals surface area contributed by atoms with Crippen LogP contribution in [0.2, 0.25) is 10.0 Å². The van der Waals surface area contributed by atoms with Crippen LogP contribution in [-0.4, -0.2) is 28.7 Å². The first-order valence-electron chi connectivity index (χ1n) is 6.87. The summed E-state index contributed by atoms with van der Waals surface area (Å²) in [6.07, 6.45) is 0. The summed E-state index contributed by atoms with van der Waals surface area (Å²) in [4.78, 5) is 23.0. The predicted molar refractivity (Wildman–Crippen MR) is 99.7 cm³/mol. The van der Waals surface area contributed by atoms with Crippen molar-refractivity contribution in [1.29, 1.82) is 0 Å². The molecular formula is C16H12Cl2N2O4S. The summed E-state index contributed by atoms with van der Waals surface area (Å²) in [5.41, 5.74) is 0.141. The molecule has 6 nitrogen and oxygen atoms in total. The number of ether oxygens (including phenoxy) is 1. The van der Waals surface area contributed by atoms with Crippen molar-refractivity contribution < 1.29 is 19.4 Å². The van der Waals surface area contributed by atoms with E-state index in [0.717, 1.165) is 0 Å². The van der Waals surface area contributed by atoms with E-state index < -0.39 is 11.9 Å². The zero-order valence-corrected chi connectivity index (χ0v) is 14.9. The van der Waals surface area contributed by atoms with E-state index in [9.17, 15) is 9.59 Å². The molecule has 3 N–H and O–H groups in total. The first-order chi connectivity index (χ1) is 11.8. The van der Waals surface area contributed by atoms with Crippen molar-refractivity contribution in [2.75, 3.05) is 11.9 Å². The van der Waals surface area contributed by atoms with Crippen molar-refractivity contribution in [2.45, 2.75) is 0 Å². The van der Waals surface area contributed by atoms with Crippen LogP contribution in [0.5, 0.6) is 5.75 Å². The zero-order chi connectivity index (χ0) is 18.4. The lowest BCUT2D eigenvalue weighted by Crippen LogP contribution is -2.37. The van der Waals surface area contributed by atoms with Gasteiger partial charge >= 0.3 is 5.97 Å². The lowest BCUT2D eigenvalue weighted by molar-refractivity contribution is -0.121. The minimum absolute atomic E-state index is 0.0606. The number of carboxylic acids is 1. The molecule has 0 atom stereocenters. The third-order valence-electron chi connectivity index (χ3n) is 2.90. The summed E-state index contributed by atoms with van der Waals surface area (Å²) in [6.45, 7) is -0.268. The number of carboxylic acid groups (broad SMARTS) is 1. The quantitative estimate of drug-likeness (QED) is 0.667. The number of anilines is 1. The largest absolute Gasteiger partial charge is 0.484 e. The minimum atomic E-state index is -1.18. The van der Waals surface area contributed by atoms with Crippen LogP contribution >= 0.6 is 35.4 Å². The first kappa shape index (κ1) is 19.0. The highest BCUT2D eigenvalue weighted by atomic mass is 35.5. The third kappa shape index (κ3) is 5.90.